The zero-order chi connectivity index (χ0) is 13.9. The molecule has 0 bridgehead atoms. The van der Waals surface area contributed by atoms with E-state index in [0.29, 0.717) is 17.1 Å². The SMILES string of the molecule is COc1cc(C)c(C(=O)CC(C)(C)N)c(OC)c1. The van der Waals surface area contributed by atoms with E-state index in [0.717, 1.165) is 5.56 Å². The molecule has 0 aromatic heterocycles. The molecule has 1 aromatic rings. The second-order valence-corrected chi connectivity index (χ2v) is 5.11. The van der Waals surface area contributed by atoms with Crippen molar-refractivity contribution in [3.8, 4) is 11.5 Å². The number of carbonyl (C=O) groups is 1. The van der Waals surface area contributed by atoms with Gasteiger partial charge in [-0.1, -0.05) is 0 Å². The summed E-state index contributed by atoms with van der Waals surface area (Å²) < 4.78 is 10.4. The summed E-state index contributed by atoms with van der Waals surface area (Å²) >= 11 is 0. The summed E-state index contributed by atoms with van der Waals surface area (Å²) in [6.07, 6.45) is 0.274. The molecule has 0 fully saturated rings. The number of hydrogen-bond donors (Lipinski definition) is 1. The van der Waals surface area contributed by atoms with E-state index >= 15 is 0 Å². The van der Waals surface area contributed by atoms with Gasteiger partial charge in [0.15, 0.2) is 5.78 Å². The molecule has 1 aromatic carbocycles. The van der Waals surface area contributed by atoms with Crippen LogP contribution in [0.3, 0.4) is 0 Å². The molecule has 0 heterocycles. The number of benzene rings is 1. The summed E-state index contributed by atoms with van der Waals surface area (Å²) in [5.74, 6) is 1.19. The molecule has 0 aliphatic rings. The van der Waals surface area contributed by atoms with E-state index in [-0.39, 0.29) is 12.2 Å². The van der Waals surface area contributed by atoms with Gasteiger partial charge in [0.2, 0.25) is 0 Å². The summed E-state index contributed by atoms with van der Waals surface area (Å²) in [6.45, 7) is 5.52. The first-order chi connectivity index (χ1) is 8.28. The quantitative estimate of drug-likeness (QED) is 0.816. The van der Waals surface area contributed by atoms with Gasteiger partial charge in [-0.3, -0.25) is 4.79 Å². The molecule has 0 spiro atoms. The standard InChI is InChI=1S/C14H21NO3/c1-9-6-10(17-4)7-12(18-5)13(9)11(16)8-14(2,3)15/h6-7H,8,15H2,1-5H3. The Balaban J connectivity index is 3.19. The number of nitrogens with two attached hydrogens (primary N) is 1. The maximum atomic E-state index is 12.3. The maximum absolute atomic E-state index is 12.3. The fraction of sp³-hybridized carbons (Fsp3) is 0.500. The minimum absolute atomic E-state index is 0.0143. The molecule has 0 amide bonds. The normalized spacial score (nSPS) is 11.2. The van der Waals surface area contributed by atoms with E-state index in [9.17, 15) is 4.79 Å². The minimum atomic E-state index is -0.533. The van der Waals surface area contributed by atoms with Crippen molar-refractivity contribution in [1.82, 2.24) is 0 Å². The molecule has 0 saturated carbocycles. The third-order valence-corrected chi connectivity index (χ3v) is 2.62. The van der Waals surface area contributed by atoms with Crippen molar-refractivity contribution in [2.24, 2.45) is 5.73 Å². The Hall–Kier alpha value is -1.55. The summed E-state index contributed by atoms with van der Waals surface area (Å²) in [5, 5.41) is 0. The van der Waals surface area contributed by atoms with Gasteiger partial charge in [0.05, 0.1) is 19.8 Å². The fourth-order valence-electron chi connectivity index (χ4n) is 1.86. The fourth-order valence-corrected chi connectivity index (χ4v) is 1.86. The van der Waals surface area contributed by atoms with Crippen LogP contribution in [0.2, 0.25) is 0 Å². The van der Waals surface area contributed by atoms with Crippen molar-refractivity contribution in [3.05, 3.63) is 23.3 Å². The van der Waals surface area contributed by atoms with Crippen LogP contribution in [0.15, 0.2) is 12.1 Å². The molecule has 100 valence electrons. The van der Waals surface area contributed by atoms with Crippen molar-refractivity contribution < 1.29 is 14.3 Å². The predicted molar refractivity (Wildman–Crippen MR) is 71.5 cm³/mol. The average Bonchev–Trinajstić information content (AvgIpc) is 2.24. The molecule has 18 heavy (non-hydrogen) atoms. The van der Waals surface area contributed by atoms with Gasteiger partial charge in [0.1, 0.15) is 11.5 Å². The van der Waals surface area contributed by atoms with Crippen LogP contribution in [0, 0.1) is 6.92 Å². The minimum Gasteiger partial charge on any atom is -0.497 e. The highest BCUT2D eigenvalue weighted by atomic mass is 16.5. The zero-order valence-corrected chi connectivity index (χ0v) is 11.7. The number of ether oxygens (including phenoxy) is 2. The summed E-state index contributed by atoms with van der Waals surface area (Å²) in [4.78, 5) is 12.3. The Morgan fingerprint density at radius 2 is 1.89 bits per heavy atom. The summed E-state index contributed by atoms with van der Waals surface area (Å²) in [6, 6.07) is 3.53. The van der Waals surface area contributed by atoms with Crippen LogP contribution in [0.25, 0.3) is 0 Å². The van der Waals surface area contributed by atoms with E-state index in [4.69, 9.17) is 15.2 Å². The molecule has 0 aliphatic heterocycles. The molecule has 0 radical (unpaired) electrons. The van der Waals surface area contributed by atoms with Gasteiger partial charge in [0.25, 0.3) is 0 Å². The third-order valence-electron chi connectivity index (χ3n) is 2.62. The van der Waals surface area contributed by atoms with E-state index < -0.39 is 5.54 Å². The first-order valence-electron chi connectivity index (χ1n) is 5.83. The Labute approximate surface area is 108 Å². The van der Waals surface area contributed by atoms with Crippen molar-refractivity contribution in [3.63, 3.8) is 0 Å². The van der Waals surface area contributed by atoms with Crippen molar-refractivity contribution in [1.29, 1.82) is 0 Å². The Bertz CT molecular complexity index is 447. The first-order valence-corrected chi connectivity index (χ1v) is 5.83. The van der Waals surface area contributed by atoms with Crippen LogP contribution >= 0.6 is 0 Å². The lowest BCUT2D eigenvalue weighted by Gasteiger charge is -2.19. The van der Waals surface area contributed by atoms with E-state index in [1.165, 1.54) is 0 Å². The molecule has 0 unspecified atom stereocenters. The van der Waals surface area contributed by atoms with Gasteiger partial charge in [0, 0.05) is 18.0 Å². The number of rotatable bonds is 5. The van der Waals surface area contributed by atoms with Gasteiger partial charge < -0.3 is 15.2 Å². The largest absolute Gasteiger partial charge is 0.497 e. The Kier molecular flexibility index (Phi) is 4.35. The van der Waals surface area contributed by atoms with Gasteiger partial charge >= 0.3 is 0 Å². The summed E-state index contributed by atoms with van der Waals surface area (Å²) in [7, 11) is 3.12. The number of Topliss-reactive ketones (excluding diaryl/α,β-unsaturated/α-hetero) is 1. The smallest absolute Gasteiger partial charge is 0.168 e. The van der Waals surface area contributed by atoms with E-state index in [2.05, 4.69) is 0 Å². The highest BCUT2D eigenvalue weighted by Crippen LogP contribution is 2.30. The molecule has 4 nitrogen and oxygen atoms in total. The van der Waals surface area contributed by atoms with Crippen molar-refractivity contribution in [2.45, 2.75) is 32.7 Å². The van der Waals surface area contributed by atoms with Crippen molar-refractivity contribution in [2.75, 3.05) is 14.2 Å². The second-order valence-electron chi connectivity index (χ2n) is 5.11. The number of methoxy groups -OCH3 is 2. The van der Waals surface area contributed by atoms with Gasteiger partial charge in [-0.25, -0.2) is 0 Å². The highest BCUT2D eigenvalue weighted by Gasteiger charge is 2.22. The molecular weight excluding hydrogens is 230 g/mol. The molecule has 4 heteroatoms. The van der Waals surface area contributed by atoms with E-state index in [1.54, 1.807) is 20.3 Å². The molecule has 1 rings (SSSR count). The molecule has 0 aliphatic carbocycles. The number of carbonyl (C=O) groups excluding carboxylic acids is 1. The predicted octanol–water partition coefficient (Wildman–Crippen LogP) is 2.32. The van der Waals surface area contributed by atoms with Crippen LogP contribution < -0.4 is 15.2 Å². The van der Waals surface area contributed by atoms with Crippen LogP contribution in [0.5, 0.6) is 11.5 Å². The molecule has 0 saturated heterocycles. The Morgan fingerprint density at radius 1 is 1.28 bits per heavy atom. The van der Waals surface area contributed by atoms with E-state index in [1.807, 2.05) is 26.8 Å². The van der Waals surface area contributed by atoms with Gasteiger partial charge in [-0.05, 0) is 32.4 Å². The third kappa shape index (κ3) is 3.47. The monoisotopic (exact) mass is 251 g/mol. The number of ketones is 1. The number of hydrogen-bond acceptors (Lipinski definition) is 4. The topological polar surface area (TPSA) is 61.5 Å². The molecule has 2 N–H and O–H groups in total. The van der Waals surface area contributed by atoms with Crippen molar-refractivity contribution >= 4 is 5.78 Å². The highest BCUT2D eigenvalue weighted by molar-refractivity contribution is 6.00. The van der Waals surface area contributed by atoms with Crippen LogP contribution in [0.1, 0.15) is 36.2 Å². The zero-order valence-electron chi connectivity index (χ0n) is 11.7. The number of aryl methyl sites for hydroxylation is 1. The molecular formula is C14H21NO3. The first kappa shape index (κ1) is 14.5. The van der Waals surface area contributed by atoms with Gasteiger partial charge in [-0.15, -0.1) is 0 Å². The Morgan fingerprint density at radius 3 is 2.33 bits per heavy atom. The van der Waals surface area contributed by atoms with Gasteiger partial charge in [-0.2, -0.15) is 0 Å². The summed E-state index contributed by atoms with van der Waals surface area (Å²) in [5.41, 5.74) is 6.77. The van der Waals surface area contributed by atoms with Crippen LogP contribution in [-0.4, -0.2) is 25.5 Å². The van der Waals surface area contributed by atoms with Crippen LogP contribution in [0.4, 0.5) is 0 Å². The lowest BCUT2D eigenvalue weighted by molar-refractivity contribution is 0.0956. The van der Waals surface area contributed by atoms with Crippen LogP contribution in [-0.2, 0) is 0 Å². The second kappa shape index (κ2) is 5.40. The lowest BCUT2D eigenvalue weighted by Crippen LogP contribution is -2.34. The average molecular weight is 251 g/mol. The lowest BCUT2D eigenvalue weighted by atomic mass is 9.92. The maximum Gasteiger partial charge on any atom is 0.168 e. The molecule has 0 atom stereocenters.